The Labute approximate surface area is 300 Å². The summed E-state index contributed by atoms with van der Waals surface area (Å²) in [5.74, 6) is 3.59. The maximum absolute atomic E-state index is 6.59. The van der Waals surface area contributed by atoms with Crippen LogP contribution in [0.1, 0.15) is 11.1 Å². The summed E-state index contributed by atoms with van der Waals surface area (Å²) in [6.07, 6.45) is 2.42. The van der Waals surface area contributed by atoms with E-state index in [-0.39, 0.29) is 0 Å². The average molecular weight is 751 g/mol. The molecule has 0 aliphatic rings. The summed E-state index contributed by atoms with van der Waals surface area (Å²) in [6, 6.07) is 74.6. The van der Waals surface area contributed by atoms with Crippen molar-refractivity contribution in [1.29, 1.82) is 0 Å². The van der Waals surface area contributed by atoms with Crippen LogP contribution in [0.4, 0.5) is 0 Å². The third-order valence-electron chi connectivity index (χ3n) is 8.82. The normalized spacial score (nSPS) is 11.8. The van der Waals surface area contributed by atoms with Gasteiger partial charge < -0.3 is 0 Å². The molecular formula is C46H37BO2Sn. The fraction of sp³-hybridized carbons (Fsp3) is 0. The molecule has 0 saturated carbocycles. The summed E-state index contributed by atoms with van der Waals surface area (Å²) >= 11 is -4.11. The first-order chi connectivity index (χ1) is 24.8. The van der Waals surface area contributed by atoms with Gasteiger partial charge >= 0.3 is 302 Å². The van der Waals surface area contributed by atoms with Crippen LogP contribution in [-0.2, 0) is 0 Å². The first-order valence-electron chi connectivity index (χ1n) is 17.0. The van der Waals surface area contributed by atoms with Crippen molar-refractivity contribution in [2.24, 2.45) is 0 Å². The van der Waals surface area contributed by atoms with Crippen molar-refractivity contribution in [3.63, 3.8) is 0 Å². The Kier molecular flexibility index (Phi) is 10.7. The predicted molar refractivity (Wildman–Crippen MR) is 213 cm³/mol. The molecule has 0 radical (unpaired) electrons. The zero-order valence-electron chi connectivity index (χ0n) is 27.8. The van der Waals surface area contributed by atoms with Gasteiger partial charge in [-0.15, -0.1) is 0 Å². The van der Waals surface area contributed by atoms with Gasteiger partial charge in [0.1, 0.15) is 0 Å². The minimum atomic E-state index is -4.11. The van der Waals surface area contributed by atoms with Crippen LogP contribution in [0.5, 0.6) is 11.5 Å². The van der Waals surface area contributed by atoms with Crippen molar-refractivity contribution in [3.05, 3.63) is 236 Å². The van der Waals surface area contributed by atoms with E-state index < -0.39 is 25.5 Å². The number of hydrogen-bond acceptors (Lipinski definition) is 2. The van der Waals surface area contributed by atoms with Gasteiger partial charge in [-0.2, -0.15) is 0 Å². The molecule has 0 saturated heterocycles. The summed E-state index contributed by atoms with van der Waals surface area (Å²) in [4.78, 5) is 0. The number of rotatable bonds is 12. The summed E-state index contributed by atoms with van der Waals surface area (Å²) in [5, 5.41) is 0. The molecule has 0 aliphatic carbocycles. The molecule has 50 heavy (non-hydrogen) atoms. The Morgan fingerprint density at radius 2 is 0.700 bits per heavy atom. The van der Waals surface area contributed by atoms with E-state index in [9.17, 15) is 0 Å². The topological polar surface area (TPSA) is 18.5 Å². The fourth-order valence-corrected chi connectivity index (χ4v) is 20.8. The summed E-state index contributed by atoms with van der Waals surface area (Å²) < 4.78 is 18.6. The Balaban J connectivity index is 1.54. The van der Waals surface area contributed by atoms with E-state index in [1.165, 1.54) is 19.9 Å². The number of hydrogen-bond donors (Lipinski definition) is 0. The van der Waals surface area contributed by atoms with Crippen molar-refractivity contribution in [2.45, 2.75) is 0 Å². The molecule has 0 N–H and O–H groups in total. The zero-order chi connectivity index (χ0) is 33.9. The summed E-state index contributed by atoms with van der Waals surface area (Å²) in [5.41, 5.74) is 3.30. The fourth-order valence-electron chi connectivity index (χ4n) is 6.58. The van der Waals surface area contributed by atoms with Gasteiger partial charge in [-0.1, -0.05) is 0 Å². The Hall–Kier alpha value is -5.52. The SMILES string of the molecule is C(B(Oc1ccccc1)Oc1ccccc1)=C(C=[C](c1ccccc1)[Sn]([c]1ccccc1)([c]1ccccc1)[c]1ccccc1)c1ccccc1. The van der Waals surface area contributed by atoms with Crippen LogP contribution in [0.15, 0.2) is 224 Å². The van der Waals surface area contributed by atoms with Gasteiger partial charge in [0.2, 0.25) is 0 Å². The molecule has 0 aromatic heterocycles. The second kappa shape index (κ2) is 16.3. The van der Waals surface area contributed by atoms with Crippen molar-refractivity contribution in [1.82, 2.24) is 0 Å². The molecule has 0 fully saturated rings. The third-order valence-corrected chi connectivity index (χ3v) is 22.6. The molecule has 0 aliphatic heterocycles. The van der Waals surface area contributed by atoms with Crippen LogP contribution in [-0.4, -0.2) is 25.5 Å². The van der Waals surface area contributed by atoms with E-state index in [0.717, 1.165) is 22.6 Å². The Morgan fingerprint density at radius 3 is 1.08 bits per heavy atom. The van der Waals surface area contributed by atoms with Gasteiger partial charge in [0.15, 0.2) is 0 Å². The molecule has 7 rings (SSSR count). The molecule has 0 bridgehead atoms. The predicted octanol–water partition coefficient (Wildman–Crippen LogP) is 9.05. The molecule has 0 amide bonds. The number of benzene rings is 7. The minimum absolute atomic E-state index is 0.710. The summed E-state index contributed by atoms with van der Waals surface area (Å²) in [7, 11) is -0.710. The van der Waals surface area contributed by atoms with Gasteiger partial charge in [0.05, 0.1) is 0 Å². The van der Waals surface area contributed by atoms with E-state index in [0.29, 0.717) is 0 Å². The molecule has 0 heterocycles. The van der Waals surface area contributed by atoms with Crippen LogP contribution >= 0.6 is 0 Å². The average Bonchev–Trinajstić information content (AvgIpc) is 3.20. The molecule has 0 atom stereocenters. The van der Waals surface area contributed by atoms with Gasteiger partial charge in [0, 0.05) is 0 Å². The van der Waals surface area contributed by atoms with Crippen molar-refractivity contribution in [2.75, 3.05) is 0 Å². The van der Waals surface area contributed by atoms with E-state index in [1.54, 1.807) is 0 Å². The number of para-hydroxylation sites is 2. The van der Waals surface area contributed by atoms with Gasteiger partial charge in [-0.25, -0.2) is 0 Å². The van der Waals surface area contributed by atoms with Crippen molar-refractivity contribution >= 4 is 45.4 Å². The molecule has 7 aromatic carbocycles. The summed E-state index contributed by atoms with van der Waals surface area (Å²) in [6.45, 7) is 0. The van der Waals surface area contributed by atoms with Crippen molar-refractivity contribution < 1.29 is 9.31 Å². The molecular weight excluding hydrogens is 714 g/mol. The molecule has 7 aromatic rings. The van der Waals surface area contributed by atoms with Crippen molar-refractivity contribution in [3.8, 4) is 11.5 Å². The first kappa shape index (κ1) is 33.0. The van der Waals surface area contributed by atoms with Crippen LogP contribution in [0.2, 0.25) is 0 Å². The second-order valence-corrected chi connectivity index (χ2v) is 22.8. The van der Waals surface area contributed by atoms with Crippen LogP contribution in [0, 0.1) is 0 Å². The van der Waals surface area contributed by atoms with Crippen LogP contribution in [0.25, 0.3) is 9.16 Å². The number of allylic oxidation sites excluding steroid dienone is 2. The first-order valence-corrected chi connectivity index (χ1v) is 22.7. The monoisotopic (exact) mass is 752 g/mol. The molecule has 0 unspecified atom stereocenters. The molecule has 240 valence electrons. The van der Waals surface area contributed by atoms with Crippen LogP contribution in [0.3, 0.4) is 0 Å². The van der Waals surface area contributed by atoms with Crippen LogP contribution < -0.4 is 20.0 Å². The quantitative estimate of drug-likeness (QED) is 0.0917. The maximum atomic E-state index is 6.59. The Bertz CT molecular complexity index is 1990. The molecule has 2 nitrogen and oxygen atoms in total. The standard InChI is InChI=1S/C28H22BO2.3C6H5.Sn/c1-5-13-24(14-6-1)21-22-26(25-15-7-2-8-16-25)23-29(30-27-17-9-3-10-18-27)31-28-19-11-4-12-20-28;3*1-2-4-6-5-3-1;/h1-20,22-23H;3*1-5H;. The molecule has 0 spiro atoms. The van der Waals surface area contributed by atoms with Gasteiger partial charge in [0.25, 0.3) is 0 Å². The van der Waals surface area contributed by atoms with E-state index >= 15 is 0 Å². The van der Waals surface area contributed by atoms with E-state index in [1.807, 2.05) is 60.7 Å². The van der Waals surface area contributed by atoms with Gasteiger partial charge in [-0.3, -0.25) is 0 Å². The zero-order valence-corrected chi connectivity index (χ0v) is 30.6. The van der Waals surface area contributed by atoms with E-state index in [2.05, 4.69) is 164 Å². The van der Waals surface area contributed by atoms with E-state index in [4.69, 9.17) is 9.31 Å². The third kappa shape index (κ3) is 7.54. The van der Waals surface area contributed by atoms with Gasteiger partial charge in [-0.05, 0) is 0 Å². The second-order valence-electron chi connectivity index (χ2n) is 12.0. The Morgan fingerprint density at radius 1 is 0.380 bits per heavy atom. The molecule has 4 heteroatoms.